The quantitative estimate of drug-likeness (QED) is 0.425. The SMILES string of the molecule is CCOC(=O)c1ccc(N2CCN(C(=O)c3ccccc3)CC2)c(NC(=O)C2(c3ccccc3)CCCC2)c1. The maximum atomic E-state index is 14.0. The van der Waals surface area contributed by atoms with Gasteiger partial charge in [-0.1, -0.05) is 61.4 Å². The Morgan fingerprint density at radius 2 is 1.46 bits per heavy atom. The van der Waals surface area contributed by atoms with Crippen LogP contribution in [0.5, 0.6) is 0 Å². The summed E-state index contributed by atoms with van der Waals surface area (Å²) >= 11 is 0. The Hall–Kier alpha value is -4.13. The zero-order valence-corrected chi connectivity index (χ0v) is 22.4. The van der Waals surface area contributed by atoms with E-state index in [2.05, 4.69) is 10.2 Å². The van der Waals surface area contributed by atoms with Gasteiger partial charge in [-0.2, -0.15) is 0 Å². The highest BCUT2D eigenvalue weighted by Gasteiger charge is 2.43. The lowest BCUT2D eigenvalue weighted by atomic mass is 9.78. The van der Waals surface area contributed by atoms with Crippen LogP contribution < -0.4 is 10.2 Å². The Morgan fingerprint density at radius 1 is 0.821 bits per heavy atom. The molecule has 0 bridgehead atoms. The molecule has 202 valence electrons. The molecule has 0 spiro atoms. The number of hydrogen-bond donors (Lipinski definition) is 1. The topological polar surface area (TPSA) is 79.0 Å². The van der Waals surface area contributed by atoms with Crippen LogP contribution in [0.2, 0.25) is 0 Å². The van der Waals surface area contributed by atoms with Crippen LogP contribution in [0.25, 0.3) is 0 Å². The van der Waals surface area contributed by atoms with Crippen molar-refractivity contribution in [3.05, 3.63) is 95.6 Å². The van der Waals surface area contributed by atoms with Crippen molar-refractivity contribution in [1.82, 2.24) is 4.90 Å². The second kappa shape index (κ2) is 11.7. The second-order valence-corrected chi connectivity index (χ2v) is 10.2. The van der Waals surface area contributed by atoms with Gasteiger partial charge in [-0.3, -0.25) is 9.59 Å². The molecule has 1 aliphatic heterocycles. The van der Waals surface area contributed by atoms with Crippen LogP contribution >= 0.6 is 0 Å². The molecule has 2 aliphatic rings. The summed E-state index contributed by atoms with van der Waals surface area (Å²) in [4.78, 5) is 43.5. The zero-order valence-electron chi connectivity index (χ0n) is 22.4. The highest BCUT2D eigenvalue weighted by molar-refractivity contribution is 6.03. The van der Waals surface area contributed by atoms with E-state index in [1.54, 1.807) is 19.1 Å². The summed E-state index contributed by atoms with van der Waals surface area (Å²) < 4.78 is 5.24. The van der Waals surface area contributed by atoms with E-state index in [1.807, 2.05) is 71.6 Å². The minimum atomic E-state index is -0.598. The number of hydrogen-bond acceptors (Lipinski definition) is 5. The smallest absolute Gasteiger partial charge is 0.338 e. The molecular formula is C32H35N3O4. The van der Waals surface area contributed by atoms with E-state index in [9.17, 15) is 14.4 Å². The molecule has 7 heteroatoms. The minimum absolute atomic E-state index is 0.0208. The van der Waals surface area contributed by atoms with Crippen LogP contribution in [-0.4, -0.2) is 55.5 Å². The van der Waals surface area contributed by atoms with Crippen molar-refractivity contribution < 1.29 is 19.1 Å². The van der Waals surface area contributed by atoms with Crippen LogP contribution in [0.3, 0.4) is 0 Å². The van der Waals surface area contributed by atoms with E-state index < -0.39 is 11.4 Å². The van der Waals surface area contributed by atoms with Gasteiger partial charge in [0.15, 0.2) is 0 Å². The van der Waals surface area contributed by atoms with Gasteiger partial charge >= 0.3 is 5.97 Å². The van der Waals surface area contributed by atoms with Gasteiger partial charge in [0.1, 0.15) is 0 Å². The van der Waals surface area contributed by atoms with Crippen molar-refractivity contribution >= 4 is 29.2 Å². The van der Waals surface area contributed by atoms with Crippen LogP contribution in [0.1, 0.15) is 58.9 Å². The van der Waals surface area contributed by atoms with Crippen molar-refractivity contribution in [2.45, 2.75) is 38.0 Å². The third kappa shape index (κ3) is 5.53. The molecule has 7 nitrogen and oxygen atoms in total. The van der Waals surface area contributed by atoms with Crippen molar-refractivity contribution in [2.24, 2.45) is 0 Å². The number of benzene rings is 3. The maximum Gasteiger partial charge on any atom is 0.338 e. The normalized spacial score (nSPS) is 16.5. The average Bonchev–Trinajstić information content (AvgIpc) is 3.50. The molecule has 0 radical (unpaired) electrons. The summed E-state index contributed by atoms with van der Waals surface area (Å²) in [6, 6.07) is 24.6. The fourth-order valence-electron chi connectivity index (χ4n) is 5.79. The van der Waals surface area contributed by atoms with Gasteiger partial charge in [0.2, 0.25) is 5.91 Å². The molecule has 5 rings (SSSR count). The van der Waals surface area contributed by atoms with E-state index in [4.69, 9.17) is 4.74 Å². The summed E-state index contributed by atoms with van der Waals surface area (Å²) in [6.45, 7) is 4.41. The van der Waals surface area contributed by atoms with Crippen molar-refractivity contribution in [3.63, 3.8) is 0 Å². The molecular weight excluding hydrogens is 490 g/mol. The summed E-state index contributed by atoms with van der Waals surface area (Å²) in [5.74, 6) is -0.449. The number of piperazine rings is 1. The first-order valence-corrected chi connectivity index (χ1v) is 13.8. The lowest BCUT2D eigenvalue weighted by Gasteiger charge is -2.37. The first kappa shape index (κ1) is 26.5. The minimum Gasteiger partial charge on any atom is -0.462 e. The van der Waals surface area contributed by atoms with Gasteiger partial charge in [0, 0.05) is 31.7 Å². The van der Waals surface area contributed by atoms with E-state index in [0.29, 0.717) is 43.0 Å². The monoisotopic (exact) mass is 525 g/mol. The number of nitrogens with zero attached hydrogens (tertiary/aromatic N) is 2. The first-order chi connectivity index (χ1) is 19.0. The Kier molecular flexibility index (Phi) is 7.96. The summed E-state index contributed by atoms with van der Waals surface area (Å²) in [5.41, 5.74) is 2.93. The molecule has 3 aromatic carbocycles. The molecule has 2 amide bonds. The molecule has 0 unspecified atom stereocenters. The molecule has 1 aliphatic carbocycles. The van der Waals surface area contributed by atoms with E-state index >= 15 is 0 Å². The molecule has 3 aromatic rings. The predicted molar refractivity (Wildman–Crippen MR) is 152 cm³/mol. The summed E-state index contributed by atoms with van der Waals surface area (Å²) in [6.07, 6.45) is 3.57. The third-order valence-corrected chi connectivity index (χ3v) is 7.90. The van der Waals surface area contributed by atoms with Gasteiger partial charge in [0.05, 0.1) is 29.0 Å². The van der Waals surface area contributed by atoms with Crippen molar-refractivity contribution in [3.8, 4) is 0 Å². The summed E-state index contributed by atoms with van der Waals surface area (Å²) in [7, 11) is 0. The van der Waals surface area contributed by atoms with Gasteiger partial charge in [0.25, 0.3) is 5.91 Å². The van der Waals surface area contributed by atoms with Crippen LogP contribution in [0.15, 0.2) is 78.9 Å². The molecule has 1 heterocycles. The molecule has 0 atom stereocenters. The van der Waals surface area contributed by atoms with E-state index in [-0.39, 0.29) is 18.4 Å². The highest BCUT2D eigenvalue weighted by atomic mass is 16.5. The number of amides is 2. The second-order valence-electron chi connectivity index (χ2n) is 10.2. The van der Waals surface area contributed by atoms with Gasteiger partial charge < -0.3 is 19.9 Å². The fraction of sp³-hybridized carbons (Fsp3) is 0.344. The fourth-order valence-corrected chi connectivity index (χ4v) is 5.79. The number of esters is 1. The molecule has 2 fully saturated rings. The molecule has 0 aromatic heterocycles. The highest BCUT2D eigenvalue weighted by Crippen LogP contribution is 2.42. The molecule has 1 saturated heterocycles. The maximum absolute atomic E-state index is 14.0. The number of nitrogens with one attached hydrogen (secondary N) is 1. The molecule has 1 N–H and O–H groups in total. The van der Waals surface area contributed by atoms with Crippen LogP contribution in [0.4, 0.5) is 11.4 Å². The van der Waals surface area contributed by atoms with E-state index in [0.717, 1.165) is 36.9 Å². The number of ether oxygens (including phenoxy) is 1. The first-order valence-electron chi connectivity index (χ1n) is 13.8. The molecule has 1 saturated carbocycles. The lowest BCUT2D eigenvalue weighted by Crippen LogP contribution is -2.49. The lowest BCUT2D eigenvalue weighted by molar-refractivity contribution is -0.121. The van der Waals surface area contributed by atoms with Crippen molar-refractivity contribution in [2.75, 3.05) is 43.0 Å². The van der Waals surface area contributed by atoms with Crippen molar-refractivity contribution in [1.29, 1.82) is 0 Å². The summed E-state index contributed by atoms with van der Waals surface area (Å²) in [5, 5.41) is 3.22. The zero-order chi connectivity index (χ0) is 27.2. The van der Waals surface area contributed by atoms with Crippen LogP contribution in [-0.2, 0) is 14.9 Å². The predicted octanol–water partition coefficient (Wildman–Crippen LogP) is 5.28. The van der Waals surface area contributed by atoms with Crippen LogP contribution in [0, 0.1) is 0 Å². The van der Waals surface area contributed by atoms with Gasteiger partial charge in [-0.15, -0.1) is 0 Å². The average molecular weight is 526 g/mol. The number of carbonyl (C=O) groups is 3. The van der Waals surface area contributed by atoms with Gasteiger partial charge in [-0.25, -0.2) is 4.79 Å². The number of rotatable bonds is 7. The number of carbonyl (C=O) groups excluding carboxylic acids is 3. The standard InChI is InChI=1S/C32H35N3O4/c1-2-39-30(37)25-15-16-28(34-19-21-35(22-20-34)29(36)24-11-5-3-6-12-24)27(23-25)33-31(38)32(17-9-10-18-32)26-13-7-4-8-14-26/h3-8,11-16,23H,2,9-10,17-22H2,1H3,(H,33,38). The van der Waals surface area contributed by atoms with E-state index in [1.165, 1.54) is 0 Å². The Balaban J connectivity index is 1.40. The Morgan fingerprint density at radius 3 is 2.10 bits per heavy atom. The van der Waals surface area contributed by atoms with Gasteiger partial charge in [-0.05, 0) is 55.7 Å². The number of anilines is 2. The Labute approximate surface area is 229 Å². The largest absolute Gasteiger partial charge is 0.462 e. The Bertz CT molecular complexity index is 1310. The third-order valence-electron chi connectivity index (χ3n) is 7.90. The molecule has 39 heavy (non-hydrogen) atoms.